The maximum absolute atomic E-state index is 11.1. The summed E-state index contributed by atoms with van der Waals surface area (Å²) in [5.74, 6) is -0.548. The average molecular weight is 215 g/mol. The topological polar surface area (TPSA) is 52.1 Å². The third-order valence-corrected chi connectivity index (χ3v) is 1.82. The van der Waals surface area contributed by atoms with Crippen LogP contribution < -0.4 is 0 Å². The average Bonchev–Trinajstić information content (AvgIpc) is 2.16. The Balaban J connectivity index is 3.00. The predicted octanol–water partition coefficient (Wildman–Crippen LogP) is 1.87. The molecule has 4 nitrogen and oxygen atoms in total. The molecule has 0 atom stereocenters. The Labute approximate surface area is 87.3 Å². The van der Waals surface area contributed by atoms with Crippen molar-refractivity contribution in [2.45, 2.75) is 19.8 Å². The van der Waals surface area contributed by atoms with Gasteiger partial charge in [-0.15, -0.1) is 0 Å². The number of rotatable bonds is 3. The number of carbonyl (C=O) groups excluding carboxylic acids is 1. The van der Waals surface area contributed by atoms with Crippen LogP contribution in [-0.2, 0) is 11.2 Å². The molecule has 0 fully saturated rings. The first kappa shape index (κ1) is 10.9. The lowest BCUT2D eigenvalue weighted by atomic mass is 10.2. The van der Waals surface area contributed by atoms with Crippen LogP contribution in [-0.4, -0.2) is 23.0 Å². The first-order valence-electron chi connectivity index (χ1n) is 4.29. The number of aromatic nitrogens is 2. The fraction of sp³-hybridized carbons (Fsp3) is 0.444. The smallest absolute Gasteiger partial charge is 0.376 e. The number of ether oxygens (including phenoxy) is 1. The van der Waals surface area contributed by atoms with Crippen molar-refractivity contribution in [3.05, 3.63) is 22.7 Å². The number of esters is 1. The Morgan fingerprint density at radius 3 is 2.86 bits per heavy atom. The van der Waals surface area contributed by atoms with Crippen LogP contribution in [0.15, 0.2) is 6.07 Å². The molecule has 0 aromatic carbocycles. The molecule has 0 saturated heterocycles. The Kier molecular flexibility index (Phi) is 3.83. The van der Waals surface area contributed by atoms with Gasteiger partial charge < -0.3 is 4.74 Å². The second-order valence-corrected chi connectivity index (χ2v) is 3.13. The Hall–Kier alpha value is -1.16. The highest BCUT2D eigenvalue weighted by Crippen LogP contribution is 2.09. The van der Waals surface area contributed by atoms with Gasteiger partial charge in [-0.1, -0.05) is 24.9 Å². The maximum Gasteiger partial charge on any atom is 0.376 e. The van der Waals surface area contributed by atoms with Crippen LogP contribution in [0.1, 0.15) is 29.7 Å². The zero-order chi connectivity index (χ0) is 10.6. The van der Waals surface area contributed by atoms with E-state index in [-0.39, 0.29) is 11.0 Å². The molecule has 0 bridgehead atoms. The molecule has 5 heteroatoms. The van der Waals surface area contributed by atoms with Crippen LogP contribution in [0.5, 0.6) is 0 Å². The lowest BCUT2D eigenvalue weighted by Crippen LogP contribution is -2.09. The number of hydrogen-bond donors (Lipinski definition) is 0. The van der Waals surface area contributed by atoms with Crippen LogP contribution in [0.3, 0.4) is 0 Å². The highest BCUT2D eigenvalue weighted by atomic mass is 35.5. The number of methoxy groups -OCH3 is 1. The van der Waals surface area contributed by atoms with E-state index in [0.29, 0.717) is 0 Å². The van der Waals surface area contributed by atoms with Crippen molar-refractivity contribution in [1.82, 2.24) is 9.97 Å². The summed E-state index contributed by atoms with van der Waals surface area (Å²) in [6, 6.07) is 1.65. The van der Waals surface area contributed by atoms with Crippen molar-refractivity contribution in [2.75, 3.05) is 7.11 Å². The SMILES string of the molecule is CCCc1cc(Cl)nc(C(=O)OC)n1. The minimum atomic E-state index is -0.565. The minimum Gasteiger partial charge on any atom is -0.463 e. The number of halogens is 1. The molecular formula is C9H11ClN2O2. The summed E-state index contributed by atoms with van der Waals surface area (Å²) in [5.41, 5.74) is 0.757. The molecule has 1 aromatic rings. The van der Waals surface area contributed by atoms with E-state index in [4.69, 9.17) is 11.6 Å². The molecule has 1 rings (SSSR count). The fourth-order valence-electron chi connectivity index (χ4n) is 1.03. The monoisotopic (exact) mass is 214 g/mol. The van der Waals surface area contributed by atoms with E-state index < -0.39 is 5.97 Å². The van der Waals surface area contributed by atoms with Gasteiger partial charge >= 0.3 is 5.97 Å². The van der Waals surface area contributed by atoms with Crippen LogP contribution in [0.4, 0.5) is 0 Å². The summed E-state index contributed by atoms with van der Waals surface area (Å²) in [7, 11) is 1.28. The van der Waals surface area contributed by atoms with Gasteiger partial charge in [-0.2, -0.15) is 0 Å². The molecule has 0 aliphatic heterocycles. The van der Waals surface area contributed by atoms with E-state index >= 15 is 0 Å². The van der Waals surface area contributed by atoms with Crippen molar-refractivity contribution in [3.63, 3.8) is 0 Å². The van der Waals surface area contributed by atoms with Crippen molar-refractivity contribution in [3.8, 4) is 0 Å². The molecule has 0 amide bonds. The molecule has 14 heavy (non-hydrogen) atoms. The Morgan fingerprint density at radius 2 is 2.29 bits per heavy atom. The second kappa shape index (κ2) is 4.91. The summed E-state index contributed by atoms with van der Waals surface area (Å²) in [4.78, 5) is 18.9. The predicted molar refractivity (Wildman–Crippen MR) is 52.4 cm³/mol. The molecular weight excluding hydrogens is 204 g/mol. The first-order chi connectivity index (χ1) is 6.67. The molecule has 0 radical (unpaired) electrons. The third-order valence-electron chi connectivity index (χ3n) is 1.62. The molecule has 0 saturated carbocycles. The lowest BCUT2D eigenvalue weighted by molar-refractivity contribution is 0.0586. The fourth-order valence-corrected chi connectivity index (χ4v) is 1.24. The van der Waals surface area contributed by atoms with E-state index in [1.807, 2.05) is 6.92 Å². The van der Waals surface area contributed by atoms with Crippen LogP contribution in [0.25, 0.3) is 0 Å². The van der Waals surface area contributed by atoms with E-state index in [2.05, 4.69) is 14.7 Å². The zero-order valence-electron chi connectivity index (χ0n) is 8.08. The normalized spacial score (nSPS) is 9.93. The maximum atomic E-state index is 11.1. The van der Waals surface area contributed by atoms with Gasteiger partial charge in [-0.25, -0.2) is 14.8 Å². The third kappa shape index (κ3) is 2.67. The Bertz CT molecular complexity index is 342. The van der Waals surface area contributed by atoms with Crippen molar-refractivity contribution >= 4 is 17.6 Å². The molecule has 76 valence electrons. The van der Waals surface area contributed by atoms with Crippen LogP contribution in [0.2, 0.25) is 5.15 Å². The largest absolute Gasteiger partial charge is 0.463 e. The molecule has 0 unspecified atom stereocenters. The molecule has 1 heterocycles. The molecule has 0 aliphatic rings. The minimum absolute atomic E-state index is 0.0171. The van der Waals surface area contributed by atoms with E-state index in [9.17, 15) is 4.79 Å². The van der Waals surface area contributed by atoms with E-state index in [1.165, 1.54) is 7.11 Å². The molecule has 0 spiro atoms. The van der Waals surface area contributed by atoms with Gasteiger partial charge in [0.2, 0.25) is 5.82 Å². The number of nitrogens with zero attached hydrogens (tertiary/aromatic N) is 2. The van der Waals surface area contributed by atoms with Crippen molar-refractivity contribution in [1.29, 1.82) is 0 Å². The zero-order valence-corrected chi connectivity index (χ0v) is 8.84. The molecule has 0 aliphatic carbocycles. The van der Waals surface area contributed by atoms with Crippen molar-refractivity contribution < 1.29 is 9.53 Å². The summed E-state index contributed by atoms with van der Waals surface area (Å²) in [5, 5.41) is 0.267. The Morgan fingerprint density at radius 1 is 1.57 bits per heavy atom. The van der Waals surface area contributed by atoms with Crippen LogP contribution >= 0.6 is 11.6 Å². The molecule has 0 N–H and O–H groups in total. The van der Waals surface area contributed by atoms with Gasteiger partial charge in [0.15, 0.2) is 0 Å². The summed E-state index contributed by atoms with van der Waals surface area (Å²) in [6.07, 6.45) is 1.71. The molecule has 1 aromatic heterocycles. The number of aryl methyl sites for hydroxylation is 1. The van der Waals surface area contributed by atoms with Gasteiger partial charge in [0.25, 0.3) is 0 Å². The first-order valence-corrected chi connectivity index (χ1v) is 4.67. The van der Waals surface area contributed by atoms with E-state index in [0.717, 1.165) is 18.5 Å². The highest BCUT2D eigenvalue weighted by Gasteiger charge is 2.11. The van der Waals surface area contributed by atoms with Gasteiger partial charge in [0.05, 0.1) is 7.11 Å². The summed E-state index contributed by atoms with van der Waals surface area (Å²) in [6.45, 7) is 2.02. The standard InChI is InChI=1S/C9H11ClN2O2/c1-3-4-6-5-7(10)12-8(11-6)9(13)14-2/h5H,3-4H2,1-2H3. The van der Waals surface area contributed by atoms with Crippen molar-refractivity contribution in [2.24, 2.45) is 0 Å². The van der Waals surface area contributed by atoms with Crippen LogP contribution in [0, 0.1) is 0 Å². The second-order valence-electron chi connectivity index (χ2n) is 2.75. The highest BCUT2D eigenvalue weighted by molar-refractivity contribution is 6.29. The number of hydrogen-bond acceptors (Lipinski definition) is 4. The summed E-state index contributed by atoms with van der Waals surface area (Å²) >= 11 is 5.73. The van der Waals surface area contributed by atoms with Gasteiger partial charge in [0, 0.05) is 5.69 Å². The number of carbonyl (C=O) groups is 1. The van der Waals surface area contributed by atoms with Gasteiger partial charge in [0.1, 0.15) is 5.15 Å². The summed E-state index contributed by atoms with van der Waals surface area (Å²) < 4.78 is 4.50. The van der Waals surface area contributed by atoms with Gasteiger partial charge in [-0.3, -0.25) is 0 Å². The van der Waals surface area contributed by atoms with E-state index in [1.54, 1.807) is 6.07 Å². The van der Waals surface area contributed by atoms with Gasteiger partial charge in [-0.05, 0) is 12.5 Å². The lowest BCUT2D eigenvalue weighted by Gasteiger charge is -2.02. The quantitative estimate of drug-likeness (QED) is 0.569.